The van der Waals surface area contributed by atoms with E-state index in [9.17, 15) is 10.1 Å². The largest absolute Gasteiger partial charge is 1.00 e. The van der Waals surface area contributed by atoms with E-state index in [0.717, 1.165) is 6.42 Å². The summed E-state index contributed by atoms with van der Waals surface area (Å²) in [5.74, 6) is 0. The predicted octanol–water partition coefficient (Wildman–Crippen LogP) is -0.770. The van der Waals surface area contributed by atoms with Crippen molar-refractivity contribution in [2.75, 3.05) is 5.43 Å². The summed E-state index contributed by atoms with van der Waals surface area (Å²) < 4.78 is 0. The normalized spacial score (nSPS) is 9.06. The summed E-state index contributed by atoms with van der Waals surface area (Å²) in [5, 5.41) is 14.3. The second kappa shape index (κ2) is 9.29. The van der Waals surface area contributed by atoms with E-state index in [-0.39, 0.29) is 40.7 Å². The monoisotopic (exact) mass is 233 g/mol. The van der Waals surface area contributed by atoms with Gasteiger partial charge in [-0.3, -0.25) is 15.5 Å². The molecule has 0 aliphatic rings. The number of non-ortho nitro benzene ring substituents is 1. The second-order valence-electron chi connectivity index (χ2n) is 2.64. The third kappa shape index (κ3) is 5.82. The molecule has 0 aliphatic carbocycles. The molecule has 1 aromatic carbocycles. The first kappa shape index (κ1) is 17.4. The molecule has 0 bridgehead atoms. The second-order valence-corrected chi connectivity index (χ2v) is 2.64. The van der Waals surface area contributed by atoms with Crippen LogP contribution in [0.2, 0.25) is 0 Å². The van der Waals surface area contributed by atoms with Crippen molar-refractivity contribution in [3.8, 4) is 0 Å². The molecule has 6 nitrogen and oxygen atoms in total. The first-order valence-electron chi connectivity index (χ1n) is 4.26. The van der Waals surface area contributed by atoms with Crippen LogP contribution in [0.15, 0.2) is 29.4 Å². The van der Waals surface area contributed by atoms with Gasteiger partial charge >= 0.3 is 29.6 Å². The Labute approximate surface area is 115 Å². The molecule has 0 saturated heterocycles. The number of nitro benzene ring substituents is 1. The summed E-state index contributed by atoms with van der Waals surface area (Å²) in [6.07, 6.45) is 2.51. The number of hydrazone groups is 1. The Balaban J connectivity index is 0. The molecular formula is C9H12N3NaO3. The summed E-state index contributed by atoms with van der Waals surface area (Å²) in [6.45, 7) is 1.96. The fourth-order valence-corrected chi connectivity index (χ4v) is 0.900. The number of hydrogen-bond donors (Lipinski definition) is 1. The molecular weight excluding hydrogens is 221 g/mol. The number of benzene rings is 1. The van der Waals surface area contributed by atoms with Crippen LogP contribution < -0.4 is 35.0 Å². The van der Waals surface area contributed by atoms with E-state index >= 15 is 0 Å². The van der Waals surface area contributed by atoms with Gasteiger partial charge in [0.25, 0.3) is 5.69 Å². The van der Waals surface area contributed by atoms with E-state index in [1.807, 2.05) is 6.92 Å². The first-order chi connectivity index (χ1) is 6.74. The smallest absolute Gasteiger partial charge is 0.870 e. The molecule has 0 unspecified atom stereocenters. The van der Waals surface area contributed by atoms with Crippen LogP contribution in [-0.4, -0.2) is 16.6 Å². The Kier molecular flexibility index (Phi) is 10.1. The van der Waals surface area contributed by atoms with E-state index in [2.05, 4.69) is 10.5 Å². The number of nitrogens with zero attached hydrogens (tertiary/aromatic N) is 2. The number of nitrogens with one attached hydrogen (secondary N) is 1. The Morgan fingerprint density at radius 3 is 2.81 bits per heavy atom. The topological polar surface area (TPSA) is 97.5 Å². The number of nitro groups is 1. The number of anilines is 1. The van der Waals surface area contributed by atoms with Crippen molar-refractivity contribution in [3.05, 3.63) is 34.4 Å². The van der Waals surface area contributed by atoms with Gasteiger partial charge in [-0.2, -0.15) is 5.10 Å². The van der Waals surface area contributed by atoms with Crippen LogP contribution in [0.1, 0.15) is 13.3 Å². The van der Waals surface area contributed by atoms with Gasteiger partial charge in [-0.15, -0.1) is 0 Å². The maximum Gasteiger partial charge on any atom is 1.00 e. The molecule has 0 radical (unpaired) electrons. The van der Waals surface area contributed by atoms with Gasteiger partial charge in [-0.1, -0.05) is 13.0 Å². The van der Waals surface area contributed by atoms with Crippen molar-refractivity contribution in [2.24, 2.45) is 5.10 Å². The van der Waals surface area contributed by atoms with E-state index < -0.39 is 4.92 Å². The number of rotatable bonds is 4. The molecule has 0 fully saturated rings. The molecule has 0 amide bonds. The van der Waals surface area contributed by atoms with E-state index in [1.165, 1.54) is 12.1 Å². The van der Waals surface area contributed by atoms with Crippen molar-refractivity contribution in [3.63, 3.8) is 0 Å². The molecule has 0 aliphatic heterocycles. The van der Waals surface area contributed by atoms with Crippen molar-refractivity contribution in [1.82, 2.24) is 0 Å². The van der Waals surface area contributed by atoms with Gasteiger partial charge in [-0.25, -0.2) is 0 Å². The zero-order valence-electron chi connectivity index (χ0n) is 9.25. The predicted molar refractivity (Wildman–Crippen MR) is 57.4 cm³/mol. The molecule has 1 rings (SSSR count). The molecule has 0 heterocycles. The summed E-state index contributed by atoms with van der Waals surface area (Å²) in [4.78, 5) is 9.99. The third-order valence-electron chi connectivity index (χ3n) is 1.52. The van der Waals surface area contributed by atoms with Gasteiger partial charge in [0, 0.05) is 18.3 Å². The van der Waals surface area contributed by atoms with Crippen LogP contribution in [0, 0.1) is 10.1 Å². The Morgan fingerprint density at radius 2 is 2.25 bits per heavy atom. The molecule has 82 valence electrons. The maximum atomic E-state index is 10.4. The van der Waals surface area contributed by atoms with Crippen LogP contribution >= 0.6 is 0 Å². The average molecular weight is 233 g/mol. The quantitative estimate of drug-likeness (QED) is 0.319. The third-order valence-corrected chi connectivity index (χ3v) is 1.52. The minimum absolute atomic E-state index is 0. The average Bonchev–Trinajstić information content (AvgIpc) is 2.19. The van der Waals surface area contributed by atoms with Crippen LogP contribution in [0.4, 0.5) is 11.4 Å². The van der Waals surface area contributed by atoms with Crippen molar-refractivity contribution in [1.29, 1.82) is 0 Å². The summed E-state index contributed by atoms with van der Waals surface area (Å²) >= 11 is 0. The Hall–Kier alpha value is -0.950. The van der Waals surface area contributed by atoms with Gasteiger partial charge in [-0.05, 0) is 12.5 Å². The Morgan fingerprint density at radius 1 is 1.56 bits per heavy atom. The molecule has 0 aromatic heterocycles. The molecule has 16 heavy (non-hydrogen) atoms. The zero-order chi connectivity index (χ0) is 10.4. The van der Waals surface area contributed by atoms with Crippen molar-refractivity contribution in [2.45, 2.75) is 13.3 Å². The zero-order valence-corrected chi connectivity index (χ0v) is 11.3. The maximum absolute atomic E-state index is 10.4. The van der Waals surface area contributed by atoms with Crippen LogP contribution in [0.3, 0.4) is 0 Å². The minimum Gasteiger partial charge on any atom is -0.870 e. The molecule has 0 saturated carbocycles. The van der Waals surface area contributed by atoms with Gasteiger partial charge < -0.3 is 5.48 Å². The van der Waals surface area contributed by atoms with Gasteiger partial charge in [0.15, 0.2) is 0 Å². The fraction of sp³-hybridized carbons (Fsp3) is 0.222. The first-order valence-corrected chi connectivity index (χ1v) is 4.26. The van der Waals surface area contributed by atoms with Crippen LogP contribution in [-0.2, 0) is 0 Å². The van der Waals surface area contributed by atoms with Crippen molar-refractivity contribution < 1.29 is 40.0 Å². The number of hydrogen-bond acceptors (Lipinski definition) is 5. The molecule has 0 spiro atoms. The van der Waals surface area contributed by atoms with Gasteiger partial charge in [0.2, 0.25) is 0 Å². The SMILES string of the molecule is CCC=NNc1cccc([N+](=O)[O-])c1.[Na+].[OH-]. The summed E-state index contributed by atoms with van der Waals surface area (Å²) in [5.41, 5.74) is 3.38. The van der Waals surface area contributed by atoms with Crippen molar-refractivity contribution >= 4 is 17.6 Å². The summed E-state index contributed by atoms with van der Waals surface area (Å²) in [6, 6.07) is 6.21. The van der Waals surface area contributed by atoms with Crippen LogP contribution in [0.5, 0.6) is 0 Å². The fourth-order valence-electron chi connectivity index (χ4n) is 0.900. The van der Waals surface area contributed by atoms with Crippen LogP contribution in [0.25, 0.3) is 0 Å². The van der Waals surface area contributed by atoms with E-state index in [4.69, 9.17) is 0 Å². The molecule has 0 atom stereocenters. The molecule has 2 N–H and O–H groups in total. The molecule has 1 aromatic rings. The van der Waals surface area contributed by atoms with Gasteiger partial charge in [0.1, 0.15) is 0 Å². The summed E-state index contributed by atoms with van der Waals surface area (Å²) in [7, 11) is 0. The molecule has 7 heteroatoms. The van der Waals surface area contributed by atoms with E-state index in [0.29, 0.717) is 5.69 Å². The standard InChI is InChI=1S/C9H11N3O2.Na.H2O/c1-2-6-10-11-8-4-3-5-9(7-8)12(13)14;;/h3-7,11H,2H2,1H3;;1H2/q;+1;/p-1. The van der Waals surface area contributed by atoms with E-state index in [1.54, 1.807) is 18.3 Å². The van der Waals surface area contributed by atoms with Gasteiger partial charge in [0.05, 0.1) is 10.6 Å². The minimum atomic E-state index is -0.436. The Bertz CT molecular complexity index is 358.